The molecule has 0 aliphatic rings. The van der Waals surface area contributed by atoms with Crippen molar-refractivity contribution < 1.29 is 9.53 Å². The molecule has 26 heavy (non-hydrogen) atoms. The zero-order valence-corrected chi connectivity index (χ0v) is 14.9. The molecule has 4 aromatic rings. The number of hydrogen-bond acceptors (Lipinski definition) is 5. The lowest BCUT2D eigenvalue weighted by atomic mass is 10.2. The van der Waals surface area contributed by atoms with Gasteiger partial charge in [-0.25, -0.2) is 9.67 Å². The average Bonchev–Trinajstić information content (AvgIpc) is 3.31. The van der Waals surface area contributed by atoms with Gasteiger partial charge in [0.15, 0.2) is 5.13 Å². The number of rotatable bonds is 5. The molecule has 0 spiro atoms. The van der Waals surface area contributed by atoms with Gasteiger partial charge in [0.25, 0.3) is 5.91 Å². The van der Waals surface area contributed by atoms with Gasteiger partial charge in [-0.15, -0.1) is 0 Å². The Balaban J connectivity index is 1.51. The van der Waals surface area contributed by atoms with Crippen LogP contribution in [-0.4, -0.2) is 27.3 Å². The second-order valence-electron chi connectivity index (χ2n) is 5.53. The maximum absolute atomic E-state index is 12.5. The van der Waals surface area contributed by atoms with E-state index < -0.39 is 0 Å². The van der Waals surface area contributed by atoms with Crippen LogP contribution < -0.4 is 10.1 Å². The van der Waals surface area contributed by atoms with Gasteiger partial charge >= 0.3 is 0 Å². The van der Waals surface area contributed by atoms with E-state index in [2.05, 4.69) is 15.4 Å². The first kappa shape index (κ1) is 16.3. The third-order valence-electron chi connectivity index (χ3n) is 3.79. The molecule has 4 rings (SSSR count). The number of aromatic nitrogens is 3. The number of hydrogen-bond donors (Lipinski definition) is 1. The highest BCUT2D eigenvalue weighted by molar-refractivity contribution is 7.22. The maximum Gasteiger partial charge on any atom is 0.257 e. The maximum atomic E-state index is 12.5. The summed E-state index contributed by atoms with van der Waals surface area (Å²) in [5, 5.41) is 7.59. The summed E-state index contributed by atoms with van der Waals surface area (Å²) in [6, 6.07) is 14.8. The predicted molar refractivity (Wildman–Crippen MR) is 102 cm³/mol. The monoisotopic (exact) mass is 364 g/mol. The van der Waals surface area contributed by atoms with E-state index in [0.717, 1.165) is 21.7 Å². The van der Waals surface area contributed by atoms with E-state index in [-0.39, 0.29) is 5.91 Å². The Bertz CT molecular complexity index is 1040. The van der Waals surface area contributed by atoms with Crippen molar-refractivity contribution in [1.29, 1.82) is 0 Å². The van der Waals surface area contributed by atoms with Gasteiger partial charge in [0, 0.05) is 18.0 Å². The van der Waals surface area contributed by atoms with Crippen molar-refractivity contribution in [3.05, 3.63) is 66.5 Å². The molecule has 0 saturated heterocycles. The molecule has 0 saturated carbocycles. The number of fused-ring (bicyclic) bond motifs is 1. The van der Waals surface area contributed by atoms with Gasteiger partial charge in [-0.05, 0) is 55.5 Å². The molecule has 1 amide bonds. The standard InChI is InChI=1S/C19H16N4O2S/c1-2-25-15-8-9-16-17(12-15)26-19(21-16)22-18(24)13-4-6-14(7-5-13)23-11-3-10-20-23/h3-12H,2H2,1H3,(H,21,22,24). The normalized spacial score (nSPS) is 10.8. The van der Waals surface area contributed by atoms with E-state index in [4.69, 9.17) is 4.74 Å². The minimum Gasteiger partial charge on any atom is -0.494 e. The Morgan fingerprint density at radius 2 is 2.08 bits per heavy atom. The molecular formula is C19H16N4O2S. The Kier molecular flexibility index (Phi) is 4.37. The van der Waals surface area contributed by atoms with Gasteiger partial charge in [-0.3, -0.25) is 10.1 Å². The summed E-state index contributed by atoms with van der Waals surface area (Å²) in [6.07, 6.45) is 3.57. The van der Waals surface area contributed by atoms with Crippen molar-refractivity contribution in [2.75, 3.05) is 11.9 Å². The highest BCUT2D eigenvalue weighted by Gasteiger charge is 2.11. The van der Waals surface area contributed by atoms with Crippen molar-refractivity contribution in [2.45, 2.75) is 6.92 Å². The number of thiazole rings is 1. The summed E-state index contributed by atoms with van der Waals surface area (Å²) in [6.45, 7) is 2.56. The van der Waals surface area contributed by atoms with Crippen LogP contribution in [0, 0.1) is 0 Å². The Labute approximate surface area is 154 Å². The summed E-state index contributed by atoms with van der Waals surface area (Å²) < 4.78 is 8.21. The molecular weight excluding hydrogens is 348 g/mol. The van der Waals surface area contributed by atoms with Crippen LogP contribution in [-0.2, 0) is 0 Å². The van der Waals surface area contributed by atoms with Gasteiger partial charge in [0.1, 0.15) is 5.75 Å². The average molecular weight is 364 g/mol. The second-order valence-corrected chi connectivity index (χ2v) is 6.56. The number of carbonyl (C=O) groups is 1. The molecule has 0 aliphatic heterocycles. The van der Waals surface area contributed by atoms with Crippen molar-refractivity contribution in [2.24, 2.45) is 0 Å². The molecule has 1 N–H and O–H groups in total. The number of nitrogens with one attached hydrogen (secondary N) is 1. The largest absolute Gasteiger partial charge is 0.494 e. The van der Waals surface area contributed by atoms with Crippen molar-refractivity contribution >= 4 is 32.6 Å². The Hall–Kier alpha value is -3.19. The van der Waals surface area contributed by atoms with E-state index in [1.54, 1.807) is 23.0 Å². The topological polar surface area (TPSA) is 69.0 Å². The van der Waals surface area contributed by atoms with Gasteiger partial charge in [0.05, 0.1) is 22.5 Å². The quantitative estimate of drug-likeness (QED) is 0.578. The molecule has 130 valence electrons. The van der Waals surface area contributed by atoms with Crippen molar-refractivity contribution in [3.8, 4) is 11.4 Å². The van der Waals surface area contributed by atoms with Gasteiger partial charge in [-0.2, -0.15) is 5.10 Å². The fraction of sp³-hybridized carbons (Fsp3) is 0.105. The van der Waals surface area contributed by atoms with Crippen LogP contribution in [0.5, 0.6) is 5.75 Å². The van der Waals surface area contributed by atoms with Crippen LogP contribution in [0.4, 0.5) is 5.13 Å². The van der Waals surface area contributed by atoms with E-state index in [1.807, 2.05) is 49.5 Å². The van der Waals surface area contributed by atoms with Gasteiger partial charge in [-0.1, -0.05) is 11.3 Å². The van der Waals surface area contributed by atoms with Crippen LogP contribution in [0.1, 0.15) is 17.3 Å². The summed E-state index contributed by atoms with van der Waals surface area (Å²) in [4.78, 5) is 16.9. The zero-order chi connectivity index (χ0) is 17.9. The lowest BCUT2D eigenvalue weighted by molar-refractivity contribution is 0.102. The number of ether oxygens (including phenoxy) is 1. The highest BCUT2D eigenvalue weighted by Crippen LogP contribution is 2.29. The lowest BCUT2D eigenvalue weighted by Crippen LogP contribution is -2.11. The number of benzene rings is 2. The number of nitrogens with zero attached hydrogens (tertiary/aromatic N) is 3. The fourth-order valence-corrected chi connectivity index (χ4v) is 3.46. The molecule has 0 atom stereocenters. The first-order valence-corrected chi connectivity index (χ1v) is 8.99. The highest BCUT2D eigenvalue weighted by atomic mass is 32.1. The summed E-state index contributed by atoms with van der Waals surface area (Å²) in [7, 11) is 0. The third kappa shape index (κ3) is 3.29. The molecule has 2 heterocycles. The molecule has 0 radical (unpaired) electrons. The zero-order valence-electron chi connectivity index (χ0n) is 14.0. The predicted octanol–water partition coefficient (Wildman–Crippen LogP) is 4.13. The number of carbonyl (C=O) groups excluding carboxylic acids is 1. The summed E-state index contributed by atoms with van der Waals surface area (Å²) >= 11 is 1.42. The minimum absolute atomic E-state index is 0.193. The molecule has 7 heteroatoms. The smallest absolute Gasteiger partial charge is 0.257 e. The molecule has 0 fully saturated rings. The van der Waals surface area contributed by atoms with Gasteiger partial charge in [0.2, 0.25) is 0 Å². The Morgan fingerprint density at radius 3 is 2.81 bits per heavy atom. The Morgan fingerprint density at radius 1 is 1.23 bits per heavy atom. The van der Waals surface area contributed by atoms with E-state index >= 15 is 0 Å². The third-order valence-corrected chi connectivity index (χ3v) is 4.72. The summed E-state index contributed by atoms with van der Waals surface area (Å²) in [5.41, 5.74) is 2.30. The van der Waals surface area contributed by atoms with E-state index in [9.17, 15) is 4.79 Å². The van der Waals surface area contributed by atoms with Crippen LogP contribution >= 0.6 is 11.3 Å². The van der Waals surface area contributed by atoms with Gasteiger partial charge < -0.3 is 4.74 Å². The number of anilines is 1. The SMILES string of the molecule is CCOc1ccc2nc(NC(=O)c3ccc(-n4cccn4)cc3)sc2c1. The molecule has 2 aromatic carbocycles. The second kappa shape index (κ2) is 6.97. The minimum atomic E-state index is -0.193. The van der Waals surface area contributed by atoms with E-state index in [1.165, 1.54) is 11.3 Å². The first-order valence-electron chi connectivity index (χ1n) is 8.18. The van der Waals surface area contributed by atoms with Crippen molar-refractivity contribution in [3.63, 3.8) is 0 Å². The first-order chi connectivity index (χ1) is 12.7. The molecule has 6 nitrogen and oxygen atoms in total. The molecule has 2 aromatic heterocycles. The van der Waals surface area contributed by atoms with Crippen LogP contribution in [0.15, 0.2) is 60.9 Å². The van der Waals surface area contributed by atoms with Crippen LogP contribution in [0.3, 0.4) is 0 Å². The van der Waals surface area contributed by atoms with Crippen LogP contribution in [0.2, 0.25) is 0 Å². The van der Waals surface area contributed by atoms with Crippen molar-refractivity contribution in [1.82, 2.24) is 14.8 Å². The molecule has 0 bridgehead atoms. The van der Waals surface area contributed by atoms with E-state index in [0.29, 0.717) is 17.3 Å². The van der Waals surface area contributed by atoms with Crippen LogP contribution in [0.25, 0.3) is 15.9 Å². The molecule has 0 aliphatic carbocycles. The summed E-state index contributed by atoms with van der Waals surface area (Å²) in [5.74, 6) is 0.608. The fourth-order valence-electron chi connectivity index (χ4n) is 2.57. The number of amides is 1. The molecule has 0 unspecified atom stereocenters. The lowest BCUT2D eigenvalue weighted by Gasteiger charge is -2.04.